The van der Waals surface area contributed by atoms with Crippen molar-refractivity contribution in [2.45, 2.75) is 58.3 Å². The fourth-order valence-electron chi connectivity index (χ4n) is 2.77. The van der Waals surface area contributed by atoms with Gasteiger partial charge in [-0.2, -0.15) is 0 Å². The van der Waals surface area contributed by atoms with Crippen molar-refractivity contribution in [2.75, 3.05) is 0 Å². The number of rotatable bonds is 2. The van der Waals surface area contributed by atoms with Crippen LogP contribution in [0.2, 0.25) is 0 Å². The third-order valence-corrected chi connectivity index (χ3v) is 3.79. The number of carbonyl (C=O) groups is 1. The first kappa shape index (κ1) is 10.9. The summed E-state index contributed by atoms with van der Waals surface area (Å²) in [7, 11) is 0. The summed E-state index contributed by atoms with van der Waals surface area (Å²) in [4.78, 5) is 11.1. The van der Waals surface area contributed by atoms with E-state index in [2.05, 4.69) is 20.8 Å². The number of epoxide rings is 1. The molecule has 0 N–H and O–H groups in total. The molecule has 0 radical (unpaired) electrons. The Kier molecular flexibility index (Phi) is 2.53. The fraction of sp³-hybridized carbons (Fsp3) is 0.917. The minimum absolute atomic E-state index is 0.00843. The molecular formula is C12H20O3. The number of esters is 1. The molecule has 0 aromatic heterocycles. The standard InChI is InChI=1S/C12H20O3/c1-7(2)9-5-6-12(4)11(15-12)10(9)14-8(3)13/h7,9-11H,5-6H2,1-4H3/t9-,10+,11-,12+/m1/s1. The Balaban J connectivity index is 2.09. The van der Waals surface area contributed by atoms with E-state index in [9.17, 15) is 4.79 Å². The maximum absolute atomic E-state index is 11.1. The predicted octanol–water partition coefficient (Wildman–Crippen LogP) is 2.14. The highest BCUT2D eigenvalue weighted by Crippen LogP contribution is 2.51. The van der Waals surface area contributed by atoms with Gasteiger partial charge in [0, 0.05) is 12.8 Å². The number of ether oxygens (including phenoxy) is 2. The number of carbonyl (C=O) groups excluding carboxylic acids is 1. The lowest BCUT2D eigenvalue weighted by molar-refractivity contribution is -0.152. The molecule has 4 atom stereocenters. The zero-order valence-corrected chi connectivity index (χ0v) is 9.95. The van der Waals surface area contributed by atoms with E-state index in [0.29, 0.717) is 11.8 Å². The Labute approximate surface area is 91.1 Å². The summed E-state index contributed by atoms with van der Waals surface area (Å²) < 4.78 is 11.1. The van der Waals surface area contributed by atoms with Crippen molar-refractivity contribution in [1.29, 1.82) is 0 Å². The van der Waals surface area contributed by atoms with E-state index in [0.717, 1.165) is 12.8 Å². The predicted molar refractivity (Wildman–Crippen MR) is 56.4 cm³/mol. The van der Waals surface area contributed by atoms with E-state index in [1.165, 1.54) is 6.92 Å². The van der Waals surface area contributed by atoms with E-state index in [1.54, 1.807) is 0 Å². The maximum atomic E-state index is 11.1. The van der Waals surface area contributed by atoms with Gasteiger partial charge >= 0.3 is 5.97 Å². The summed E-state index contributed by atoms with van der Waals surface area (Å²) in [6.07, 6.45) is 2.31. The molecule has 2 fully saturated rings. The maximum Gasteiger partial charge on any atom is 0.303 e. The Hall–Kier alpha value is -0.570. The number of hydrogen-bond acceptors (Lipinski definition) is 3. The average Bonchev–Trinajstić information content (AvgIpc) is 2.76. The quantitative estimate of drug-likeness (QED) is 0.520. The van der Waals surface area contributed by atoms with Gasteiger partial charge in [-0.15, -0.1) is 0 Å². The van der Waals surface area contributed by atoms with Gasteiger partial charge in [-0.3, -0.25) is 4.79 Å². The highest BCUT2D eigenvalue weighted by molar-refractivity contribution is 5.66. The van der Waals surface area contributed by atoms with E-state index >= 15 is 0 Å². The summed E-state index contributed by atoms with van der Waals surface area (Å²) in [5.74, 6) is 0.808. The molecule has 0 aromatic rings. The highest BCUT2D eigenvalue weighted by atomic mass is 16.6. The molecule has 1 saturated heterocycles. The molecule has 1 heterocycles. The van der Waals surface area contributed by atoms with Gasteiger partial charge in [0.2, 0.25) is 0 Å². The Morgan fingerprint density at radius 3 is 2.73 bits per heavy atom. The van der Waals surface area contributed by atoms with E-state index < -0.39 is 0 Å². The number of hydrogen-bond donors (Lipinski definition) is 0. The Morgan fingerprint density at radius 1 is 1.53 bits per heavy atom. The molecule has 1 aliphatic carbocycles. The lowest BCUT2D eigenvalue weighted by Gasteiger charge is -2.33. The van der Waals surface area contributed by atoms with E-state index in [-0.39, 0.29) is 23.8 Å². The van der Waals surface area contributed by atoms with Gasteiger partial charge in [-0.1, -0.05) is 13.8 Å². The van der Waals surface area contributed by atoms with Crippen LogP contribution in [0.4, 0.5) is 0 Å². The molecule has 3 heteroatoms. The van der Waals surface area contributed by atoms with Gasteiger partial charge in [0.25, 0.3) is 0 Å². The SMILES string of the molecule is CC(=O)O[C@H]1[C@@H](C(C)C)CC[C@]2(C)O[C@H]12. The second kappa shape index (κ2) is 3.48. The second-order valence-corrected chi connectivity index (χ2v) is 5.37. The summed E-state index contributed by atoms with van der Waals surface area (Å²) in [6.45, 7) is 7.97. The first-order chi connectivity index (χ1) is 6.94. The summed E-state index contributed by atoms with van der Waals surface area (Å²) >= 11 is 0. The van der Waals surface area contributed by atoms with Crippen LogP contribution in [0.15, 0.2) is 0 Å². The van der Waals surface area contributed by atoms with Crippen LogP contribution in [0.3, 0.4) is 0 Å². The summed E-state index contributed by atoms with van der Waals surface area (Å²) in [5.41, 5.74) is -0.00843. The highest BCUT2D eigenvalue weighted by Gasteiger charge is 2.62. The first-order valence-electron chi connectivity index (χ1n) is 5.79. The molecule has 86 valence electrons. The molecule has 2 aliphatic rings. The van der Waals surface area contributed by atoms with E-state index in [1.807, 2.05) is 0 Å². The van der Waals surface area contributed by atoms with Crippen molar-refractivity contribution in [3.05, 3.63) is 0 Å². The van der Waals surface area contributed by atoms with Gasteiger partial charge in [-0.05, 0) is 25.7 Å². The van der Waals surface area contributed by atoms with Crippen LogP contribution in [0, 0.1) is 11.8 Å². The molecule has 0 amide bonds. The smallest absolute Gasteiger partial charge is 0.303 e. The summed E-state index contributed by atoms with van der Waals surface area (Å²) in [6, 6.07) is 0. The largest absolute Gasteiger partial charge is 0.459 e. The van der Waals surface area contributed by atoms with Crippen molar-refractivity contribution in [3.8, 4) is 0 Å². The second-order valence-electron chi connectivity index (χ2n) is 5.37. The van der Waals surface area contributed by atoms with Crippen LogP contribution in [0.25, 0.3) is 0 Å². The lowest BCUT2D eigenvalue weighted by Crippen LogP contribution is -2.41. The van der Waals surface area contributed by atoms with Crippen LogP contribution < -0.4 is 0 Å². The van der Waals surface area contributed by atoms with Gasteiger partial charge in [-0.25, -0.2) is 0 Å². The number of fused-ring (bicyclic) bond motifs is 1. The third kappa shape index (κ3) is 1.89. The van der Waals surface area contributed by atoms with Crippen molar-refractivity contribution < 1.29 is 14.3 Å². The molecule has 0 unspecified atom stereocenters. The van der Waals surface area contributed by atoms with Crippen molar-refractivity contribution >= 4 is 5.97 Å². The molecule has 1 aliphatic heterocycles. The first-order valence-corrected chi connectivity index (χ1v) is 5.79. The van der Waals surface area contributed by atoms with Crippen molar-refractivity contribution in [2.24, 2.45) is 11.8 Å². The van der Waals surface area contributed by atoms with Gasteiger partial charge in [0.1, 0.15) is 12.2 Å². The molecule has 0 spiro atoms. The van der Waals surface area contributed by atoms with E-state index in [4.69, 9.17) is 9.47 Å². The fourth-order valence-corrected chi connectivity index (χ4v) is 2.77. The van der Waals surface area contributed by atoms with Crippen molar-refractivity contribution in [1.82, 2.24) is 0 Å². The van der Waals surface area contributed by atoms with Gasteiger partial charge in [0.05, 0.1) is 5.60 Å². The minimum Gasteiger partial charge on any atom is -0.459 e. The average molecular weight is 212 g/mol. The monoisotopic (exact) mass is 212 g/mol. The van der Waals surface area contributed by atoms with Crippen LogP contribution in [-0.2, 0) is 14.3 Å². The molecule has 3 nitrogen and oxygen atoms in total. The molecule has 0 aromatic carbocycles. The van der Waals surface area contributed by atoms with Crippen molar-refractivity contribution in [3.63, 3.8) is 0 Å². The minimum atomic E-state index is -0.189. The topological polar surface area (TPSA) is 38.8 Å². The molecule has 15 heavy (non-hydrogen) atoms. The lowest BCUT2D eigenvalue weighted by atomic mass is 9.75. The Morgan fingerprint density at radius 2 is 2.20 bits per heavy atom. The molecule has 0 bridgehead atoms. The zero-order valence-electron chi connectivity index (χ0n) is 9.95. The normalized spacial score (nSPS) is 43.7. The molecular weight excluding hydrogens is 192 g/mol. The van der Waals surface area contributed by atoms with Crippen LogP contribution >= 0.6 is 0 Å². The Bertz CT molecular complexity index is 274. The molecule has 2 rings (SSSR count). The van der Waals surface area contributed by atoms with Crippen LogP contribution in [0.5, 0.6) is 0 Å². The van der Waals surface area contributed by atoms with Crippen LogP contribution in [0.1, 0.15) is 40.5 Å². The zero-order chi connectivity index (χ0) is 11.2. The summed E-state index contributed by atoms with van der Waals surface area (Å²) in [5, 5.41) is 0. The third-order valence-electron chi connectivity index (χ3n) is 3.79. The van der Waals surface area contributed by atoms with Gasteiger partial charge in [0.15, 0.2) is 0 Å². The molecule has 1 saturated carbocycles. The van der Waals surface area contributed by atoms with Gasteiger partial charge < -0.3 is 9.47 Å². The van der Waals surface area contributed by atoms with Crippen LogP contribution in [-0.4, -0.2) is 23.8 Å².